The third-order valence-corrected chi connectivity index (χ3v) is 9.26. The Morgan fingerprint density at radius 3 is 2.34 bits per heavy atom. The van der Waals surface area contributed by atoms with Crippen LogP contribution in [0.4, 0.5) is 14.6 Å². The SMILES string of the molecule is C=C(N(C)C)C12CCC(Cc3nc(C)nc(NCc4cccc(C(F)F)c4C)c3C3OCCO3)(CC1)CC2. The fourth-order valence-corrected chi connectivity index (χ4v) is 6.78. The molecule has 3 aliphatic carbocycles. The van der Waals surface area contributed by atoms with Gasteiger partial charge in [-0.05, 0) is 75.3 Å². The van der Waals surface area contributed by atoms with Crippen molar-refractivity contribution >= 4 is 5.82 Å². The van der Waals surface area contributed by atoms with Gasteiger partial charge in [0.2, 0.25) is 0 Å². The largest absolute Gasteiger partial charge is 0.381 e. The average molecular weight is 527 g/mol. The van der Waals surface area contributed by atoms with E-state index in [9.17, 15) is 8.78 Å². The Morgan fingerprint density at radius 2 is 1.74 bits per heavy atom. The predicted molar refractivity (Wildman–Crippen MR) is 144 cm³/mol. The van der Waals surface area contributed by atoms with E-state index in [1.807, 2.05) is 13.0 Å². The van der Waals surface area contributed by atoms with Crippen LogP contribution in [-0.4, -0.2) is 42.2 Å². The average Bonchev–Trinajstić information content (AvgIpc) is 3.42. The highest BCUT2D eigenvalue weighted by Gasteiger charge is 2.50. The summed E-state index contributed by atoms with van der Waals surface area (Å²) in [6.45, 7) is 9.50. The van der Waals surface area contributed by atoms with Crippen LogP contribution in [0.15, 0.2) is 30.5 Å². The fourth-order valence-electron chi connectivity index (χ4n) is 6.78. The Morgan fingerprint density at radius 1 is 1.08 bits per heavy atom. The first-order valence-corrected chi connectivity index (χ1v) is 13.7. The van der Waals surface area contributed by atoms with E-state index in [-0.39, 0.29) is 16.4 Å². The molecule has 2 aromatic rings. The lowest BCUT2D eigenvalue weighted by Crippen LogP contribution is -2.45. The Hall–Kier alpha value is -2.58. The fraction of sp³-hybridized carbons (Fsp3) is 0.600. The summed E-state index contributed by atoms with van der Waals surface area (Å²) in [5, 5.41) is 3.43. The molecule has 0 radical (unpaired) electrons. The van der Waals surface area contributed by atoms with Crippen LogP contribution < -0.4 is 5.32 Å². The maximum absolute atomic E-state index is 13.5. The summed E-state index contributed by atoms with van der Waals surface area (Å²) in [6, 6.07) is 5.04. The number of hydrogen-bond donors (Lipinski definition) is 1. The van der Waals surface area contributed by atoms with Crippen molar-refractivity contribution in [2.24, 2.45) is 10.8 Å². The van der Waals surface area contributed by atoms with Gasteiger partial charge in [0, 0.05) is 37.3 Å². The van der Waals surface area contributed by atoms with E-state index in [2.05, 4.69) is 30.9 Å². The summed E-state index contributed by atoms with van der Waals surface area (Å²) >= 11 is 0. The van der Waals surface area contributed by atoms with Crippen LogP contribution in [0.1, 0.15) is 85.0 Å². The van der Waals surface area contributed by atoms with Gasteiger partial charge in [0.25, 0.3) is 6.43 Å². The van der Waals surface area contributed by atoms with Crippen molar-refractivity contribution in [2.75, 3.05) is 32.6 Å². The van der Waals surface area contributed by atoms with E-state index < -0.39 is 12.7 Å². The molecule has 2 heterocycles. The predicted octanol–water partition coefficient (Wildman–Crippen LogP) is 6.65. The standard InChI is InChI=1S/C30H40F2N4O2/c1-19-22(7-6-8-23(19)26(31)32)18-33-27-25(28-37-15-16-38-28)24(34-21(3)35-27)17-29-9-12-30(13-10-29,14-11-29)20(2)36(4)5/h6-8,26,28H,2,9-18H2,1,3-5H3,(H,33,34,35). The van der Waals surface area contributed by atoms with Gasteiger partial charge in [-0.25, -0.2) is 18.7 Å². The first-order valence-electron chi connectivity index (χ1n) is 13.7. The molecule has 3 saturated carbocycles. The number of fused-ring (bicyclic) bond motifs is 3. The highest BCUT2D eigenvalue weighted by molar-refractivity contribution is 5.49. The number of aromatic nitrogens is 2. The molecule has 1 saturated heterocycles. The van der Waals surface area contributed by atoms with Crippen LogP contribution in [0.5, 0.6) is 0 Å². The zero-order valence-corrected chi connectivity index (χ0v) is 23.1. The van der Waals surface area contributed by atoms with E-state index in [0.29, 0.717) is 37.0 Å². The first kappa shape index (κ1) is 27.0. The van der Waals surface area contributed by atoms with Gasteiger partial charge < -0.3 is 19.7 Å². The highest BCUT2D eigenvalue weighted by Crippen LogP contribution is 2.61. The van der Waals surface area contributed by atoms with Crippen LogP contribution >= 0.6 is 0 Å². The van der Waals surface area contributed by atoms with Gasteiger partial charge in [-0.1, -0.05) is 24.8 Å². The number of anilines is 1. The number of allylic oxidation sites excluding steroid dienone is 1. The number of alkyl halides is 2. The first-order chi connectivity index (χ1) is 18.1. The molecule has 1 aromatic heterocycles. The molecule has 4 aliphatic rings. The van der Waals surface area contributed by atoms with E-state index >= 15 is 0 Å². The number of halogens is 2. The quantitative estimate of drug-likeness (QED) is 0.395. The van der Waals surface area contributed by atoms with E-state index in [1.165, 1.54) is 11.8 Å². The zero-order chi connectivity index (χ0) is 27.1. The number of hydrogen-bond acceptors (Lipinski definition) is 6. The Kier molecular flexibility index (Phi) is 7.48. The lowest BCUT2D eigenvalue weighted by Gasteiger charge is -2.55. The van der Waals surface area contributed by atoms with Crippen molar-refractivity contribution in [3.63, 3.8) is 0 Å². The molecule has 8 heteroatoms. The van der Waals surface area contributed by atoms with Crippen molar-refractivity contribution in [3.8, 4) is 0 Å². The number of nitrogens with one attached hydrogen (secondary N) is 1. The number of aryl methyl sites for hydroxylation is 1. The van der Waals surface area contributed by atoms with Crippen LogP contribution in [0, 0.1) is 24.7 Å². The van der Waals surface area contributed by atoms with Crippen molar-refractivity contribution in [2.45, 2.75) is 78.1 Å². The molecule has 1 aliphatic heterocycles. The third-order valence-electron chi connectivity index (χ3n) is 9.26. The van der Waals surface area contributed by atoms with Gasteiger partial charge in [0.05, 0.1) is 24.5 Å². The molecule has 6 nitrogen and oxygen atoms in total. The second-order valence-corrected chi connectivity index (χ2v) is 11.6. The maximum atomic E-state index is 13.5. The van der Waals surface area contributed by atoms with Crippen molar-refractivity contribution < 1.29 is 18.3 Å². The summed E-state index contributed by atoms with van der Waals surface area (Å²) in [5.74, 6) is 1.35. The Labute approximate surface area is 224 Å². The monoisotopic (exact) mass is 526 g/mol. The van der Waals surface area contributed by atoms with E-state index in [4.69, 9.17) is 19.4 Å². The lowest BCUT2D eigenvalue weighted by molar-refractivity contribution is -0.0460. The summed E-state index contributed by atoms with van der Waals surface area (Å²) in [6.07, 6.45) is 4.75. The van der Waals surface area contributed by atoms with E-state index in [1.54, 1.807) is 13.0 Å². The van der Waals surface area contributed by atoms with Crippen molar-refractivity contribution in [3.05, 3.63) is 64.2 Å². The number of rotatable bonds is 9. The highest BCUT2D eigenvalue weighted by atomic mass is 19.3. The number of ether oxygens (including phenoxy) is 2. The number of benzene rings is 1. The zero-order valence-electron chi connectivity index (χ0n) is 23.1. The molecule has 1 N–H and O–H groups in total. The second kappa shape index (κ2) is 10.5. The van der Waals surface area contributed by atoms with E-state index in [0.717, 1.165) is 61.8 Å². The molecule has 38 heavy (non-hydrogen) atoms. The minimum Gasteiger partial charge on any atom is -0.381 e. The summed E-state index contributed by atoms with van der Waals surface area (Å²) in [4.78, 5) is 11.9. The molecule has 0 atom stereocenters. The lowest BCUT2D eigenvalue weighted by atomic mass is 9.51. The smallest absolute Gasteiger partial charge is 0.264 e. The van der Waals surface area contributed by atoms with Gasteiger partial charge in [0.1, 0.15) is 11.6 Å². The van der Waals surface area contributed by atoms with Gasteiger partial charge >= 0.3 is 0 Å². The summed E-state index contributed by atoms with van der Waals surface area (Å²) < 4.78 is 38.9. The molecule has 0 spiro atoms. The van der Waals surface area contributed by atoms with Gasteiger partial charge in [-0.15, -0.1) is 0 Å². The minimum atomic E-state index is -2.50. The van der Waals surface area contributed by atoms with Gasteiger partial charge in [-0.3, -0.25) is 0 Å². The van der Waals surface area contributed by atoms with Crippen LogP contribution in [0.25, 0.3) is 0 Å². The summed E-state index contributed by atoms with van der Waals surface area (Å²) in [5.41, 5.74) is 4.99. The van der Waals surface area contributed by atoms with Gasteiger partial charge in [-0.2, -0.15) is 0 Å². The molecule has 2 bridgehead atoms. The van der Waals surface area contributed by atoms with Crippen LogP contribution in [-0.2, 0) is 22.4 Å². The molecule has 206 valence electrons. The molecule has 4 fully saturated rings. The molecular weight excluding hydrogens is 486 g/mol. The Balaban J connectivity index is 1.42. The van der Waals surface area contributed by atoms with Crippen molar-refractivity contribution in [1.82, 2.24) is 14.9 Å². The summed E-state index contributed by atoms with van der Waals surface area (Å²) in [7, 11) is 4.20. The van der Waals surface area contributed by atoms with Gasteiger partial charge in [0.15, 0.2) is 6.29 Å². The maximum Gasteiger partial charge on any atom is 0.264 e. The van der Waals surface area contributed by atoms with Crippen molar-refractivity contribution in [1.29, 1.82) is 0 Å². The minimum absolute atomic E-state index is 0.0632. The second-order valence-electron chi connectivity index (χ2n) is 11.6. The molecule has 6 rings (SSSR count). The normalized spacial score (nSPS) is 25.2. The molecule has 0 amide bonds. The topological polar surface area (TPSA) is 59.5 Å². The third kappa shape index (κ3) is 5.05. The molecular formula is C30H40F2N4O2. The molecule has 0 unspecified atom stereocenters. The van der Waals surface area contributed by atoms with Crippen LogP contribution in [0.3, 0.4) is 0 Å². The Bertz CT molecular complexity index is 1170. The molecule has 1 aromatic carbocycles. The number of nitrogens with zero attached hydrogens (tertiary/aromatic N) is 3. The van der Waals surface area contributed by atoms with Crippen LogP contribution in [0.2, 0.25) is 0 Å².